The number of ether oxygens (including phenoxy) is 3. The monoisotopic (exact) mass is 454 g/mol. The molecule has 2 bridgehead atoms. The quantitative estimate of drug-likeness (QED) is 0.648. The normalized spacial score (nSPS) is 31.7. The van der Waals surface area contributed by atoms with Crippen molar-refractivity contribution in [2.45, 2.75) is 82.5 Å². The van der Waals surface area contributed by atoms with Gasteiger partial charge in [-0.2, -0.15) is 0 Å². The Morgan fingerprint density at radius 1 is 1.09 bits per heavy atom. The number of piperidine rings is 1. The summed E-state index contributed by atoms with van der Waals surface area (Å²) in [6.45, 7) is 3.72. The number of aliphatic imine (C=N–C) groups is 1. The average Bonchev–Trinajstić information content (AvgIpc) is 3.37. The minimum atomic E-state index is -0.447. The number of aryl methyl sites for hydroxylation is 1. The Hall–Kier alpha value is -2.25. The Bertz CT molecular complexity index is 915. The van der Waals surface area contributed by atoms with Crippen LogP contribution in [0.15, 0.2) is 23.2 Å². The Kier molecular flexibility index (Phi) is 6.79. The molecular formula is C26H34N2O5. The van der Waals surface area contributed by atoms with Crippen molar-refractivity contribution in [3.63, 3.8) is 0 Å². The summed E-state index contributed by atoms with van der Waals surface area (Å²) in [6.07, 6.45) is 6.88. The number of hydrogen-bond donors (Lipinski definition) is 0. The molecule has 178 valence electrons. The first-order chi connectivity index (χ1) is 16.1. The molecule has 6 rings (SSSR count). The zero-order valence-corrected chi connectivity index (χ0v) is 19.5. The molecule has 0 aromatic heterocycles. The summed E-state index contributed by atoms with van der Waals surface area (Å²) in [5, 5.41) is 0. The molecule has 2 saturated heterocycles. The highest BCUT2D eigenvalue weighted by Crippen LogP contribution is 2.40. The zero-order chi connectivity index (χ0) is 22.8. The molecule has 4 aliphatic heterocycles. The molecule has 0 N–H and O–H groups in total. The Balaban J connectivity index is 1.42. The van der Waals surface area contributed by atoms with Crippen LogP contribution < -0.4 is 4.74 Å². The number of benzene rings is 1. The van der Waals surface area contributed by atoms with Crippen LogP contribution >= 0.6 is 0 Å². The van der Waals surface area contributed by atoms with Crippen molar-refractivity contribution in [2.24, 2.45) is 4.99 Å². The van der Waals surface area contributed by atoms with Crippen molar-refractivity contribution >= 4 is 17.5 Å². The summed E-state index contributed by atoms with van der Waals surface area (Å²) in [5.41, 5.74) is 3.20. The SMILES string of the molecule is Cc1cccc2c1C1CCC(CC1)OC[C@H]1C(=NC(=O)[C@@H]3CCCO3)CCCN1C(=O)CO2. The lowest BCUT2D eigenvalue weighted by Gasteiger charge is -2.37. The fraction of sp³-hybridized carbons (Fsp3) is 0.654. The van der Waals surface area contributed by atoms with E-state index in [0.717, 1.165) is 56.4 Å². The average molecular weight is 455 g/mol. The van der Waals surface area contributed by atoms with Gasteiger partial charge in [0, 0.05) is 24.4 Å². The summed E-state index contributed by atoms with van der Waals surface area (Å²) in [5.74, 6) is 0.948. The van der Waals surface area contributed by atoms with Gasteiger partial charge in [0.2, 0.25) is 0 Å². The predicted octanol–water partition coefficient (Wildman–Crippen LogP) is 3.57. The van der Waals surface area contributed by atoms with Crippen LogP contribution in [-0.4, -0.2) is 67.0 Å². The highest BCUT2D eigenvalue weighted by molar-refractivity contribution is 6.02. The molecule has 4 heterocycles. The molecule has 0 spiro atoms. The van der Waals surface area contributed by atoms with Gasteiger partial charge in [0.15, 0.2) is 6.61 Å². The number of amides is 2. The second kappa shape index (κ2) is 9.94. The molecular weight excluding hydrogens is 420 g/mol. The van der Waals surface area contributed by atoms with E-state index in [9.17, 15) is 9.59 Å². The zero-order valence-electron chi connectivity index (χ0n) is 19.5. The first-order valence-corrected chi connectivity index (χ1v) is 12.5. The summed E-state index contributed by atoms with van der Waals surface area (Å²) in [4.78, 5) is 32.3. The fourth-order valence-electron chi connectivity index (χ4n) is 5.80. The third-order valence-corrected chi connectivity index (χ3v) is 7.58. The minimum absolute atomic E-state index is 0.0178. The second-order valence-electron chi connectivity index (χ2n) is 9.73. The molecule has 7 nitrogen and oxygen atoms in total. The van der Waals surface area contributed by atoms with Crippen LogP contribution in [0.1, 0.15) is 68.4 Å². The number of fused-ring (bicyclic) bond motifs is 5. The summed E-state index contributed by atoms with van der Waals surface area (Å²) in [7, 11) is 0. The third-order valence-electron chi connectivity index (χ3n) is 7.58. The van der Waals surface area contributed by atoms with E-state index in [-0.39, 0.29) is 30.6 Å². The largest absolute Gasteiger partial charge is 0.483 e. The smallest absolute Gasteiger partial charge is 0.274 e. The molecule has 1 saturated carbocycles. The van der Waals surface area contributed by atoms with Crippen LogP contribution in [0.5, 0.6) is 5.75 Å². The van der Waals surface area contributed by atoms with Crippen LogP contribution in [0.2, 0.25) is 0 Å². The van der Waals surface area contributed by atoms with E-state index in [0.29, 0.717) is 32.1 Å². The molecule has 7 heteroatoms. The predicted molar refractivity (Wildman–Crippen MR) is 124 cm³/mol. The van der Waals surface area contributed by atoms with E-state index in [1.165, 1.54) is 11.1 Å². The Labute approximate surface area is 195 Å². The molecule has 1 aliphatic carbocycles. The molecule has 0 radical (unpaired) electrons. The van der Waals surface area contributed by atoms with Gasteiger partial charge in [-0.05, 0) is 75.8 Å². The highest BCUT2D eigenvalue weighted by Gasteiger charge is 2.36. The number of carbonyl (C=O) groups is 2. The lowest BCUT2D eigenvalue weighted by molar-refractivity contribution is -0.136. The van der Waals surface area contributed by atoms with Gasteiger partial charge in [0.1, 0.15) is 11.9 Å². The second-order valence-corrected chi connectivity index (χ2v) is 9.73. The Morgan fingerprint density at radius 2 is 1.94 bits per heavy atom. The van der Waals surface area contributed by atoms with Gasteiger partial charge in [-0.1, -0.05) is 12.1 Å². The molecule has 2 atom stereocenters. The van der Waals surface area contributed by atoms with Gasteiger partial charge >= 0.3 is 0 Å². The van der Waals surface area contributed by atoms with Crippen molar-refractivity contribution in [1.29, 1.82) is 0 Å². The van der Waals surface area contributed by atoms with Crippen molar-refractivity contribution in [1.82, 2.24) is 4.90 Å². The number of rotatable bonds is 1. The van der Waals surface area contributed by atoms with Gasteiger partial charge in [0.05, 0.1) is 18.8 Å². The first-order valence-electron chi connectivity index (χ1n) is 12.5. The van der Waals surface area contributed by atoms with Gasteiger partial charge in [-0.15, -0.1) is 0 Å². The number of nitrogens with zero attached hydrogens (tertiary/aromatic N) is 2. The molecule has 3 fully saturated rings. The summed E-state index contributed by atoms with van der Waals surface area (Å²) in [6, 6.07) is 5.78. The van der Waals surface area contributed by atoms with Crippen molar-refractivity contribution < 1.29 is 23.8 Å². The molecule has 33 heavy (non-hydrogen) atoms. The van der Waals surface area contributed by atoms with E-state index in [1.54, 1.807) is 0 Å². The van der Waals surface area contributed by atoms with Gasteiger partial charge in [-0.25, -0.2) is 4.99 Å². The molecule has 2 amide bonds. The van der Waals surface area contributed by atoms with Crippen LogP contribution in [0.25, 0.3) is 0 Å². The van der Waals surface area contributed by atoms with E-state index in [4.69, 9.17) is 14.2 Å². The summed E-state index contributed by atoms with van der Waals surface area (Å²) < 4.78 is 18.0. The lowest BCUT2D eigenvalue weighted by atomic mass is 9.80. The minimum Gasteiger partial charge on any atom is -0.483 e. The van der Waals surface area contributed by atoms with Crippen LogP contribution in [0, 0.1) is 6.92 Å². The van der Waals surface area contributed by atoms with E-state index < -0.39 is 6.10 Å². The van der Waals surface area contributed by atoms with Crippen molar-refractivity contribution in [2.75, 3.05) is 26.4 Å². The Morgan fingerprint density at radius 3 is 2.73 bits per heavy atom. The van der Waals surface area contributed by atoms with E-state index in [2.05, 4.69) is 18.0 Å². The maximum atomic E-state index is 13.3. The van der Waals surface area contributed by atoms with Gasteiger partial charge in [-0.3, -0.25) is 9.59 Å². The van der Waals surface area contributed by atoms with Crippen molar-refractivity contribution in [3.8, 4) is 5.75 Å². The number of carbonyl (C=O) groups excluding carboxylic acids is 2. The van der Waals surface area contributed by atoms with Crippen molar-refractivity contribution in [3.05, 3.63) is 29.3 Å². The standard InChI is InChI=1S/C26H34N2O5/c1-17-5-2-7-22-25(17)18-9-11-19(12-10-18)32-15-21-20(27-26(30)23-8-4-14-31-23)6-3-13-28(21)24(29)16-33-22/h2,5,7,18-19,21,23H,3-4,6,8-16H2,1H3/t18?,19?,21-,23-/m0/s1. The van der Waals surface area contributed by atoms with Crippen LogP contribution in [0.3, 0.4) is 0 Å². The molecule has 1 aromatic rings. The number of hydrogen-bond acceptors (Lipinski definition) is 5. The lowest BCUT2D eigenvalue weighted by Crippen LogP contribution is -2.53. The third kappa shape index (κ3) is 4.85. The maximum absolute atomic E-state index is 13.3. The fourth-order valence-corrected chi connectivity index (χ4v) is 5.80. The van der Waals surface area contributed by atoms with Gasteiger partial charge in [0.25, 0.3) is 11.8 Å². The molecule has 1 aromatic carbocycles. The van der Waals surface area contributed by atoms with E-state index >= 15 is 0 Å². The van der Waals surface area contributed by atoms with Crippen LogP contribution in [0.4, 0.5) is 0 Å². The molecule has 0 unspecified atom stereocenters. The highest BCUT2D eigenvalue weighted by atomic mass is 16.5. The summed E-state index contributed by atoms with van der Waals surface area (Å²) >= 11 is 0. The van der Waals surface area contributed by atoms with Crippen LogP contribution in [-0.2, 0) is 19.1 Å². The van der Waals surface area contributed by atoms with Gasteiger partial charge < -0.3 is 19.1 Å². The topological polar surface area (TPSA) is 77.4 Å². The first kappa shape index (κ1) is 22.5. The molecule has 5 aliphatic rings. The maximum Gasteiger partial charge on any atom is 0.274 e. The van der Waals surface area contributed by atoms with E-state index in [1.807, 2.05) is 17.0 Å².